The van der Waals surface area contributed by atoms with Crippen LogP contribution in [0.3, 0.4) is 0 Å². The van der Waals surface area contributed by atoms with Crippen LogP contribution in [0.25, 0.3) is 10.2 Å². The number of nitrogens with one attached hydrogen (secondary N) is 1. The fraction of sp³-hybridized carbons (Fsp3) is 0.211. The van der Waals surface area contributed by atoms with Gasteiger partial charge in [0.15, 0.2) is 12.4 Å². The molecule has 0 bridgehead atoms. The lowest BCUT2D eigenvalue weighted by Crippen LogP contribution is -2.27. The first-order valence-electron chi connectivity index (χ1n) is 8.21. The van der Waals surface area contributed by atoms with Crippen molar-refractivity contribution < 1.29 is 14.3 Å². The maximum atomic E-state index is 11.9. The van der Waals surface area contributed by atoms with Crippen LogP contribution in [0.5, 0.6) is 5.75 Å². The summed E-state index contributed by atoms with van der Waals surface area (Å²) in [6.07, 6.45) is 0.458. The number of aryl methyl sites for hydroxylation is 1. The van der Waals surface area contributed by atoms with Crippen LogP contribution in [0.1, 0.15) is 23.7 Å². The van der Waals surface area contributed by atoms with Gasteiger partial charge in [-0.3, -0.25) is 9.59 Å². The number of thiazole rings is 1. The molecule has 1 aromatic heterocycles. The second-order valence-corrected chi connectivity index (χ2v) is 6.66. The van der Waals surface area contributed by atoms with E-state index < -0.39 is 0 Å². The summed E-state index contributed by atoms with van der Waals surface area (Å²) < 4.78 is 8.45. The van der Waals surface area contributed by atoms with Gasteiger partial charge in [0.1, 0.15) is 5.75 Å². The molecule has 0 aliphatic carbocycles. The minimum absolute atomic E-state index is 0.0734. The van der Waals surface area contributed by atoms with Crippen molar-refractivity contribution in [1.82, 2.24) is 9.99 Å². The molecule has 7 heteroatoms. The van der Waals surface area contributed by atoms with Crippen molar-refractivity contribution in [2.45, 2.75) is 13.3 Å². The summed E-state index contributed by atoms with van der Waals surface area (Å²) in [6.45, 7) is 1.66. The van der Waals surface area contributed by atoms with E-state index in [0.29, 0.717) is 22.5 Å². The van der Waals surface area contributed by atoms with Crippen LogP contribution < -0.4 is 15.0 Å². The van der Waals surface area contributed by atoms with Gasteiger partial charge in [-0.1, -0.05) is 30.4 Å². The van der Waals surface area contributed by atoms with Crippen molar-refractivity contribution in [3.05, 3.63) is 58.9 Å². The first kappa shape index (κ1) is 17.9. The molecule has 0 atom stereocenters. The van der Waals surface area contributed by atoms with Gasteiger partial charge in [0.25, 0.3) is 5.91 Å². The molecule has 2 aromatic carbocycles. The molecule has 3 aromatic rings. The molecular weight excluding hydrogens is 350 g/mol. The summed E-state index contributed by atoms with van der Waals surface area (Å²) in [7, 11) is 1.90. The fourth-order valence-electron chi connectivity index (χ4n) is 2.42. The third-order valence-electron chi connectivity index (χ3n) is 3.86. The zero-order chi connectivity index (χ0) is 18.5. The van der Waals surface area contributed by atoms with Crippen molar-refractivity contribution in [2.75, 3.05) is 6.61 Å². The van der Waals surface area contributed by atoms with E-state index in [1.54, 1.807) is 24.3 Å². The molecule has 3 rings (SSSR count). The van der Waals surface area contributed by atoms with Crippen LogP contribution in [-0.4, -0.2) is 22.9 Å². The van der Waals surface area contributed by atoms with Gasteiger partial charge in [0, 0.05) is 19.0 Å². The van der Waals surface area contributed by atoms with Crippen LogP contribution in [0.2, 0.25) is 0 Å². The molecule has 0 unspecified atom stereocenters. The standard InChI is InChI=1S/C19H19N3O3S/c1-3-16(23)13-8-10-14(11-9-13)25-12-18(24)20-21-19-22(2)15-6-4-5-7-17(15)26-19/h4-11H,3,12H2,1-2H3,(H,20,24)/b21-19+. The van der Waals surface area contributed by atoms with Gasteiger partial charge in [-0.2, -0.15) is 0 Å². The Balaban J connectivity index is 1.60. The number of benzene rings is 2. The highest BCUT2D eigenvalue weighted by Gasteiger charge is 2.06. The Labute approximate surface area is 154 Å². The van der Waals surface area contributed by atoms with E-state index in [4.69, 9.17) is 4.74 Å². The van der Waals surface area contributed by atoms with Crippen LogP contribution in [-0.2, 0) is 11.8 Å². The minimum Gasteiger partial charge on any atom is -0.484 e. The third kappa shape index (κ3) is 4.00. The molecule has 1 N–H and O–H groups in total. The number of carbonyl (C=O) groups is 2. The molecule has 0 aliphatic rings. The predicted molar refractivity (Wildman–Crippen MR) is 101 cm³/mol. The lowest BCUT2D eigenvalue weighted by molar-refractivity contribution is -0.123. The molecule has 1 heterocycles. The molecule has 26 heavy (non-hydrogen) atoms. The molecule has 0 aliphatic heterocycles. The number of para-hydroxylation sites is 1. The smallest absolute Gasteiger partial charge is 0.278 e. The topological polar surface area (TPSA) is 72.7 Å². The van der Waals surface area contributed by atoms with Crippen molar-refractivity contribution >= 4 is 33.2 Å². The van der Waals surface area contributed by atoms with Crippen molar-refractivity contribution in [3.63, 3.8) is 0 Å². The maximum Gasteiger partial charge on any atom is 0.278 e. The Bertz CT molecular complexity index is 1000. The lowest BCUT2D eigenvalue weighted by Gasteiger charge is -2.05. The number of Topliss-reactive ketones (excluding diaryl/α,β-unsaturated/α-hetero) is 1. The summed E-state index contributed by atoms with van der Waals surface area (Å²) in [5.41, 5.74) is 4.20. The molecule has 1 amide bonds. The number of amides is 1. The van der Waals surface area contributed by atoms with Gasteiger partial charge in [-0.15, -0.1) is 5.10 Å². The molecule has 6 nitrogen and oxygen atoms in total. The fourth-order valence-corrected chi connectivity index (χ4v) is 3.40. The summed E-state index contributed by atoms with van der Waals surface area (Å²) in [5.74, 6) is 0.251. The van der Waals surface area contributed by atoms with Crippen molar-refractivity contribution in [2.24, 2.45) is 12.1 Å². The summed E-state index contributed by atoms with van der Waals surface area (Å²) in [4.78, 5) is 24.2. The zero-order valence-electron chi connectivity index (χ0n) is 14.6. The lowest BCUT2D eigenvalue weighted by atomic mass is 10.1. The van der Waals surface area contributed by atoms with E-state index in [0.717, 1.165) is 10.2 Å². The number of ether oxygens (including phenoxy) is 1. The monoisotopic (exact) mass is 369 g/mol. The number of nitrogens with zero attached hydrogens (tertiary/aromatic N) is 2. The Kier molecular flexibility index (Phi) is 5.48. The van der Waals surface area contributed by atoms with Gasteiger partial charge in [0.2, 0.25) is 4.80 Å². The second kappa shape index (κ2) is 7.97. The normalized spacial score (nSPS) is 11.5. The molecule has 0 fully saturated rings. The first-order chi connectivity index (χ1) is 12.6. The molecule has 0 saturated heterocycles. The Morgan fingerprint density at radius 2 is 1.88 bits per heavy atom. The van der Waals surface area contributed by atoms with E-state index in [1.807, 2.05) is 42.8 Å². The summed E-state index contributed by atoms with van der Waals surface area (Å²) in [6, 6.07) is 14.7. The van der Waals surface area contributed by atoms with Crippen LogP contribution >= 0.6 is 11.3 Å². The zero-order valence-corrected chi connectivity index (χ0v) is 15.4. The highest BCUT2D eigenvalue weighted by atomic mass is 32.1. The molecular formula is C19H19N3O3S. The Hall–Kier alpha value is -2.93. The Morgan fingerprint density at radius 3 is 2.58 bits per heavy atom. The van der Waals surface area contributed by atoms with E-state index in [2.05, 4.69) is 10.5 Å². The quantitative estimate of drug-likeness (QED) is 0.536. The number of aromatic nitrogens is 1. The number of hydrogen-bond donors (Lipinski definition) is 1. The minimum atomic E-state index is -0.351. The van der Waals surface area contributed by atoms with Crippen molar-refractivity contribution in [1.29, 1.82) is 0 Å². The van der Waals surface area contributed by atoms with Gasteiger partial charge in [-0.05, 0) is 36.4 Å². The first-order valence-corrected chi connectivity index (χ1v) is 9.03. The molecule has 134 valence electrons. The number of carbonyl (C=O) groups excluding carboxylic acids is 2. The maximum absolute atomic E-state index is 11.9. The van der Waals surface area contributed by atoms with Gasteiger partial charge >= 0.3 is 0 Å². The Morgan fingerprint density at radius 1 is 1.15 bits per heavy atom. The summed E-state index contributed by atoms with van der Waals surface area (Å²) in [5, 5.41) is 4.16. The SMILES string of the molecule is CCC(=O)c1ccc(OCC(=O)N/N=c2/sc3ccccc3n2C)cc1. The molecule has 0 saturated carbocycles. The number of fused-ring (bicyclic) bond motifs is 1. The average molecular weight is 369 g/mol. The van der Waals surface area contributed by atoms with E-state index >= 15 is 0 Å². The van der Waals surface area contributed by atoms with E-state index in [1.165, 1.54) is 11.3 Å². The van der Waals surface area contributed by atoms with Crippen LogP contribution in [0.4, 0.5) is 0 Å². The third-order valence-corrected chi connectivity index (χ3v) is 4.97. The number of ketones is 1. The largest absolute Gasteiger partial charge is 0.484 e. The van der Waals surface area contributed by atoms with Crippen LogP contribution in [0.15, 0.2) is 53.6 Å². The highest BCUT2D eigenvalue weighted by molar-refractivity contribution is 7.16. The highest BCUT2D eigenvalue weighted by Crippen LogP contribution is 2.15. The van der Waals surface area contributed by atoms with E-state index in [-0.39, 0.29) is 18.3 Å². The van der Waals surface area contributed by atoms with Crippen molar-refractivity contribution in [3.8, 4) is 5.75 Å². The number of rotatable bonds is 6. The second-order valence-electron chi connectivity index (χ2n) is 5.65. The molecule has 0 spiro atoms. The predicted octanol–water partition coefficient (Wildman–Crippen LogP) is 2.84. The average Bonchev–Trinajstić information content (AvgIpc) is 3.00. The van der Waals surface area contributed by atoms with Gasteiger partial charge in [-0.25, -0.2) is 5.43 Å². The number of hydrogen-bond acceptors (Lipinski definition) is 5. The van der Waals surface area contributed by atoms with Gasteiger partial charge < -0.3 is 9.30 Å². The van der Waals surface area contributed by atoms with E-state index in [9.17, 15) is 9.59 Å². The van der Waals surface area contributed by atoms with Crippen LogP contribution in [0, 0.1) is 0 Å². The summed E-state index contributed by atoms with van der Waals surface area (Å²) >= 11 is 1.50. The molecule has 0 radical (unpaired) electrons. The van der Waals surface area contributed by atoms with Gasteiger partial charge in [0.05, 0.1) is 10.2 Å².